The van der Waals surface area contributed by atoms with Crippen molar-refractivity contribution in [1.82, 2.24) is 14.9 Å². The predicted octanol–water partition coefficient (Wildman–Crippen LogP) is 4.34. The number of hydrogen-bond donors (Lipinski definition) is 1. The lowest BCUT2D eigenvalue weighted by molar-refractivity contribution is -0.117. The molecule has 0 saturated heterocycles. The Hall–Kier alpha value is -2.85. The van der Waals surface area contributed by atoms with Crippen LogP contribution in [0.3, 0.4) is 0 Å². The van der Waals surface area contributed by atoms with Crippen LogP contribution in [0.15, 0.2) is 67.3 Å². The molecule has 2 aromatic carbocycles. The summed E-state index contributed by atoms with van der Waals surface area (Å²) in [5.74, 6) is -0.0958. The van der Waals surface area contributed by atoms with Gasteiger partial charge in [-0.05, 0) is 47.7 Å². The second-order valence-electron chi connectivity index (χ2n) is 6.31. The zero-order valence-electron chi connectivity index (χ0n) is 14.1. The third-order valence-electron chi connectivity index (χ3n) is 4.63. The van der Waals surface area contributed by atoms with Crippen molar-refractivity contribution >= 4 is 23.6 Å². The van der Waals surface area contributed by atoms with Gasteiger partial charge in [0.1, 0.15) is 0 Å². The number of rotatable bonds is 4. The van der Waals surface area contributed by atoms with E-state index in [4.69, 9.17) is 11.6 Å². The van der Waals surface area contributed by atoms with Crippen LogP contribution >= 0.6 is 11.6 Å². The summed E-state index contributed by atoms with van der Waals surface area (Å²) in [6.45, 7) is 0. The normalized spacial score (nSPS) is 16.0. The van der Waals surface area contributed by atoms with E-state index in [1.807, 2.05) is 41.1 Å². The van der Waals surface area contributed by atoms with Gasteiger partial charge in [0, 0.05) is 18.5 Å². The number of carbonyl (C=O) groups excluding carboxylic acids is 1. The highest BCUT2D eigenvalue weighted by Gasteiger charge is 2.22. The Bertz CT molecular complexity index is 963. The van der Waals surface area contributed by atoms with Crippen LogP contribution in [0.4, 0.5) is 0 Å². The lowest BCUT2D eigenvalue weighted by Gasteiger charge is -2.12. The van der Waals surface area contributed by atoms with Gasteiger partial charge in [-0.15, -0.1) is 0 Å². The largest absolute Gasteiger partial charge is 0.346 e. The Balaban J connectivity index is 1.43. The fourth-order valence-electron chi connectivity index (χ4n) is 3.34. The molecule has 5 heteroatoms. The average Bonchev–Trinajstić information content (AvgIpc) is 3.31. The summed E-state index contributed by atoms with van der Waals surface area (Å²) in [6.07, 6.45) is 10.5. The lowest BCUT2D eigenvalue weighted by Crippen LogP contribution is -2.25. The second kappa shape index (κ2) is 7.18. The zero-order valence-corrected chi connectivity index (χ0v) is 14.9. The minimum absolute atomic E-state index is 0.0931. The number of nitrogens with zero attached hydrogens (tertiary/aromatic N) is 2. The summed E-state index contributed by atoms with van der Waals surface area (Å²) < 4.78 is 1.85. The molecule has 0 bridgehead atoms. The molecule has 0 saturated carbocycles. The molecule has 3 aromatic rings. The molecule has 1 atom stereocenters. The molecule has 1 amide bonds. The summed E-state index contributed by atoms with van der Waals surface area (Å²) >= 11 is 6.35. The third-order valence-corrected chi connectivity index (χ3v) is 4.93. The topological polar surface area (TPSA) is 46.9 Å². The van der Waals surface area contributed by atoms with Crippen molar-refractivity contribution in [2.75, 3.05) is 0 Å². The van der Waals surface area contributed by atoms with Gasteiger partial charge in [0.25, 0.3) is 0 Å². The first-order chi connectivity index (χ1) is 12.7. The molecule has 0 spiro atoms. The number of fused-ring (bicyclic) bond motifs is 1. The number of aromatic nitrogens is 2. The maximum Gasteiger partial charge on any atom is 0.244 e. The van der Waals surface area contributed by atoms with E-state index < -0.39 is 0 Å². The van der Waals surface area contributed by atoms with Gasteiger partial charge in [0.05, 0.1) is 23.1 Å². The second-order valence-corrected chi connectivity index (χ2v) is 6.72. The molecular weight excluding hydrogens is 346 g/mol. The number of imidazole rings is 1. The van der Waals surface area contributed by atoms with Crippen molar-refractivity contribution in [3.63, 3.8) is 0 Å². The number of hydrogen-bond acceptors (Lipinski definition) is 2. The molecule has 4 rings (SSSR count). The quantitative estimate of drug-likeness (QED) is 0.701. The van der Waals surface area contributed by atoms with E-state index in [2.05, 4.69) is 22.4 Å². The Morgan fingerprint density at radius 1 is 1.27 bits per heavy atom. The fraction of sp³-hybridized carbons (Fsp3) is 0.143. The first kappa shape index (κ1) is 16.6. The highest BCUT2D eigenvalue weighted by molar-refractivity contribution is 6.32. The summed E-state index contributed by atoms with van der Waals surface area (Å²) in [4.78, 5) is 16.3. The standard InChI is InChI=1S/C21H18ClN3O/c22-18-13-15(5-9-20(18)25-12-11-23-14-25)6-10-21(26)24-19-8-7-16-3-1-2-4-17(16)19/h1-6,9-14,19H,7-8H2,(H,24,26)/b10-6+. The Labute approximate surface area is 157 Å². The zero-order chi connectivity index (χ0) is 17.9. The molecule has 0 radical (unpaired) electrons. The van der Waals surface area contributed by atoms with E-state index in [1.54, 1.807) is 24.7 Å². The fourth-order valence-corrected chi connectivity index (χ4v) is 3.62. The summed E-state index contributed by atoms with van der Waals surface area (Å²) in [5, 5.41) is 3.69. The van der Waals surface area contributed by atoms with Gasteiger partial charge in [0.15, 0.2) is 0 Å². The van der Waals surface area contributed by atoms with Crippen LogP contribution in [0.2, 0.25) is 5.02 Å². The SMILES string of the molecule is O=C(/C=C/c1ccc(-n2ccnc2)c(Cl)c1)NC1CCc2ccccc21. The van der Waals surface area contributed by atoms with Gasteiger partial charge in [-0.2, -0.15) is 0 Å². The van der Waals surface area contributed by atoms with Crippen LogP contribution in [-0.2, 0) is 11.2 Å². The maximum atomic E-state index is 12.3. The maximum absolute atomic E-state index is 12.3. The molecule has 1 unspecified atom stereocenters. The number of amides is 1. The third kappa shape index (κ3) is 3.41. The molecule has 0 aliphatic heterocycles. The Kier molecular flexibility index (Phi) is 4.59. The summed E-state index contributed by atoms with van der Waals surface area (Å²) in [7, 11) is 0. The van der Waals surface area contributed by atoms with E-state index in [-0.39, 0.29) is 11.9 Å². The molecule has 26 heavy (non-hydrogen) atoms. The van der Waals surface area contributed by atoms with E-state index in [0.717, 1.165) is 24.1 Å². The lowest BCUT2D eigenvalue weighted by atomic mass is 10.1. The van der Waals surface area contributed by atoms with Crippen molar-refractivity contribution in [3.05, 3.63) is 89.0 Å². The van der Waals surface area contributed by atoms with Gasteiger partial charge in [-0.3, -0.25) is 4.79 Å². The number of halogens is 1. The minimum Gasteiger partial charge on any atom is -0.346 e. The van der Waals surface area contributed by atoms with Crippen molar-refractivity contribution in [2.45, 2.75) is 18.9 Å². The smallest absolute Gasteiger partial charge is 0.244 e. The van der Waals surface area contributed by atoms with Crippen LogP contribution in [0, 0.1) is 0 Å². The highest BCUT2D eigenvalue weighted by atomic mass is 35.5. The van der Waals surface area contributed by atoms with Crippen LogP contribution in [0.1, 0.15) is 29.2 Å². The van der Waals surface area contributed by atoms with E-state index in [1.165, 1.54) is 11.1 Å². The van der Waals surface area contributed by atoms with E-state index in [0.29, 0.717) is 5.02 Å². The van der Waals surface area contributed by atoms with Gasteiger partial charge in [-0.25, -0.2) is 4.98 Å². The van der Waals surface area contributed by atoms with Crippen LogP contribution in [0.25, 0.3) is 11.8 Å². The predicted molar refractivity (Wildman–Crippen MR) is 103 cm³/mol. The number of aryl methyl sites for hydroxylation is 1. The Morgan fingerprint density at radius 2 is 2.15 bits per heavy atom. The monoisotopic (exact) mass is 363 g/mol. The van der Waals surface area contributed by atoms with Crippen LogP contribution in [-0.4, -0.2) is 15.5 Å². The van der Waals surface area contributed by atoms with Gasteiger partial charge >= 0.3 is 0 Å². The summed E-state index contributed by atoms with van der Waals surface area (Å²) in [6, 6.07) is 14.0. The average molecular weight is 364 g/mol. The van der Waals surface area contributed by atoms with Crippen molar-refractivity contribution in [1.29, 1.82) is 0 Å². The molecule has 1 aromatic heterocycles. The molecule has 1 aliphatic carbocycles. The number of carbonyl (C=O) groups is 1. The van der Waals surface area contributed by atoms with Crippen molar-refractivity contribution in [2.24, 2.45) is 0 Å². The van der Waals surface area contributed by atoms with Gasteiger partial charge in [-0.1, -0.05) is 41.9 Å². The van der Waals surface area contributed by atoms with Gasteiger partial charge < -0.3 is 9.88 Å². The molecular formula is C21H18ClN3O. The molecule has 1 aliphatic rings. The molecule has 0 fully saturated rings. The van der Waals surface area contributed by atoms with Crippen LogP contribution in [0.5, 0.6) is 0 Å². The highest BCUT2D eigenvalue weighted by Crippen LogP contribution is 2.30. The number of nitrogens with one attached hydrogen (secondary N) is 1. The number of benzene rings is 2. The van der Waals surface area contributed by atoms with Gasteiger partial charge in [0.2, 0.25) is 5.91 Å². The van der Waals surface area contributed by atoms with Crippen molar-refractivity contribution in [3.8, 4) is 5.69 Å². The molecule has 1 N–H and O–H groups in total. The van der Waals surface area contributed by atoms with Crippen LogP contribution < -0.4 is 5.32 Å². The minimum atomic E-state index is -0.0958. The van der Waals surface area contributed by atoms with E-state index in [9.17, 15) is 4.79 Å². The molecule has 1 heterocycles. The van der Waals surface area contributed by atoms with E-state index >= 15 is 0 Å². The molecule has 4 nitrogen and oxygen atoms in total. The summed E-state index contributed by atoms with van der Waals surface area (Å²) in [5.41, 5.74) is 4.28. The first-order valence-electron chi connectivity index (χ1n) is 8.55. The molecule has 130 valence electrons. The first-order valence-corrected chi connectivity index (χ1v) is 8.93. The Morgan fingerprint density at radius 3 is 2.96 bits per heavy atom. The van der Waals surface area contributed by atoms with Crippen molar-refractivity contribution < 1.29 is 4.79 Å².